The smallest absolute Gasteiger partial charge is 0.258 e. The minimum atomic E-state index is -1.93. The molecule has 38 heavy (non-hydrogen) atoms. The maximum absolute atomic E-state index is 7.15. The fraction of sp³-hybridized carbons (Fsp3) is 0.771. The third-order valence-electron chi connectivity index (χ3n) is 12.5. The highest BCUT2D eigenvalue weighted by Crippen LogP contribution is 2.77. The number of allylic oxidation sites excluding steroid dienone is 2. The number of rotatable bonds is 8. The van der Waals surface area contributed by atoms with Crippen molar-refractivity contribution in [3.63, 3.8) is 0 Å². The molecule has 3 heteroatoms. The maximum atomic E-state index is 7.15. The summed E-state index contributed by atoms with van der Waals surface area (Å²) < 4.78 is 7.15. The van der Waals surface area contributed by atoms with Crippen LogP contribution < -0.4 is 9.73 Å². The molecule has 0 heterocycles. The summed E-state index contributed by atoms with van der Waals surface area (Å²) >= 11 is 0. The number of hydrogen-bond donors (Lipinski definition) is 0. The Balaban J connectivity index is 1.28. The second kappa shape index (κ2) is 9.21. The van der Waals surface area contributed by atoms with Crippen LogP contribution in [0.5, 0.6) is 5.75 Å². The molecule has 208 valence electrons. The summed E-state index contributed by atoms with van der Waals surface area (Å²) in [6.07, 6.45) is 19.6. The van der Waals surface area contributed by atoms with E-state index in [-0.39, 0.29) is 7.92 Å². The molecule has 0 aromatic heterocycles. The molecule has 0 N–H and O–H groups in total. The first kappa shape index (κ1) is 26.3. The molecular weight excluding hydrogens is 495 g/mol. The highest BCUT2D eigenvalue weighted by atomic mass is 31.1. The molecule has 6 fully saturated rings. The van der Waals surface area contributed by atoms with E-state index in [1.165, 1.54) is 32.1 Å². The predicted molar refractivity (Wildman–Crippen MR) is 166 cm³/mol. The molecule has 3 unspecified atom stereocenters. The van der Waals surface area contributed by atoms with Gasteiger partial charge in [-0.25, -0.2) is 0 Å². The maximum Gasteiger partial charge on any atom is 0.258 e. The average molecular weight is 549 g/mol. The normalized spacial score (nSPS) is 39.9. The summed E-state index contributed by atoms with van der Waals surface area (Å²) in [6.45, 7) is 14.5. The molecule has 1 aromatic carbocycles. The lowest BCUT2D eigenvalue weighted by molar-refractivity contribution is 0.0342. The fourth-order valence-corrected chi connectivity index (χ4v) is 22.5. The molecule has 6 saturated carbocycles. The first-order valence-corrected chi connectivity index (χ1v) is 19.9. The fourth-order valence-electron chi connectivity index (χ4n) is 12.3. The molecule has 1 aromatic rings. The van der Waals surface area contributed by atoms with Crippen LogP contribution >= 0.6 is 7.92 Å². The average Bonchev–Trinajstić information content (AvgIpc) is 2.81. The van der Waals surface area contributed by atoms with Crippen molar-refractivity contribution >= 4 is 21.5 Å². The van der Waals surface area contributed by atoms with E-state index in [9.17, 15) is 0 Å². The lowest BCUT2D eigenvalue weighted by atomic mass is 9.56. The molecule has 9 rings (SSSR count). The second-order valence-corrected chi connectivity index (χ2v) is 24.5. The minimum Gasteiger partial charge on any atom is -0.543 e. The molecule has 0 amide bonds. The van der Waals surface area contributed by atoms with Gasteiger partial charge in [0.1, 0.15) is 5.75 Å². The van der Waals surface area contributed by atoms with Crippen molar-refractivity contribution in [2.24, 2.45) is 29.6 Å². The van der Waals surface area contributed by atoms with Crippen LogP contribution in [0.25, 0.3) is 0 Å². The van der Waals surface area contributed by atoms with Crippen LogP contribution in [0.1, 0.15) is 112 Å². The van der Waals surface area contributed by atoms with E-state index in [2.05, 4.69) is 71.9 Å². The van der Waals surface area contributed by atoms with Crippen LogP contribution in [0.2, 0.25) is 16.6 Å². The highest BCUT2D eigenvalue weighted by Gasteiger charge is 2.61. The SMILES string of the molecule is CC(C)[Si](Oc1ccc(P(C23C=C4CC(CC(C4)C2)C3)C23CC4CC(CC(C4)C2)C3)cc1)(C(C)C)C(C)C. The Kier molecular flexibility index (Phi) is 6.38. The lowest BCUT2D eigenvalue weighted by Crippen LogP contribution is -2.56. The molecular formula is C35H53OPSi. The van der Waals surface area contributed by atoms with Gasteiger partial charge in [-0.1, -0.05) is 73.2 Å². The van der Waals surface area contributed by atoms with Gasteiger partial charge < -0.3 is 4.43 Å². The van der Waals surface area contributed by atoms with Gasteiger partial charge in [-0.2, -0.15) is 0 Å². The molecule has 8 aliphatic rings. The molecule has 0 radical (unpaired) electrons. The van der Waals surface area contributed by atoms with Crippen molar-refractivity contribution in [3.8, 4) is 5.75 Å². The minimum absolute atomic E-state index is 0.207. The third-order valence-corrected chi connectivity index (χ3v) is 22.2. The Hall–Kier alpha value is -0.593. The van der Waals surface area contributed by atoms with Gasteiger partial charge in [-0.15, -0.1) is 0 Å². The van der Waals surface area contributed by atoms with Crippen molar-refractivity contribution in [2.45, 2.75) is 139 Å². The summed E-state index contributed by atoms with van der Waals surface area (Å²) in [6, 6.07) is 10.0. The first-order valence-electron chi connectivity index (χ1n) is 16.4. The first-order chi connectivity index (χ1) is 18.1. The van der Waals surface area contributed by atoms with Crippen LogP contribution in [0.15, 0.2) is 35.9 Å². The third kappa shape index (κ3) is 4.00. The molecule has 0 spiro atoms. The van der Waals surface area contributed by atoms with Crippen LogP contribution in [0, 0.1) is 29.6 Å². The van der Waals surface area contributed by atoms with Gasteiger partial charge in [-0.3, -0.25) is 0 Å². The Morgan fingerprint density at radius 3 is 1.61 bits per heavy atom. The number of benzene rings is 1. The zero-order valence-electron chi connectivity index (χ0n) is 25.1. The Bertz CT molecular complexity index is 1010. The van der Waals surface area contributed by atoms with Crippen molar-refractivity contribution in [3.05, 3.63) is 35.9 Å². The molecule has 0 aliphatic heterocycles. The van der Waals surface area contributed by atoms with Gasteiger partial charge in [0.15, 0.2) is 0 Å². The van der Waals surface area contributed by atoms with E-state index in [4.69, 9.17) is 4.43 Å². The zero-order valence-corrected chi connectivity index (χ0v) is 27.0. The summed E-state index contributed by atoms with van der Waals surface area (Å²) in [7, 11) is -2.14. The monoisotopic (exact) mass is 548 g/mol. The van der Waals surface area contributed by atoms with E-state index in [1.54, 1.807) is 43.8 Å². The van der Waals surface area contributed by atoms with E-state index in [0.717, 1.165) is 35.3 Å². The Labute approximate surface area is 235 Å². The van der Waals surface area contributed by atoms with Crippen molar-refractivity contribution in [2.75, 3.05) is 0 Å². The number of hydrogen-bond acceptors (Lipinski definition) is 1. The van der Waals surface area contributed by atoms with Gasteiger partial charge in [0, 0.05) is 5.16 Å². The summed E-state index contributed by atoms with van der Waals surface area (Å²) in [4.78, 5) is 0. The lowest BCUT2D eigenvalue weighted by Gasteiger charge is -2.65. The van der Waals surface area contributed by atoms with E-state index in [0.29, 0.717) is 26.9 Å². The van der Waals surface area contributed by atoms with Crippen LogP contribution in [-0.4, -0.2) is 18.6 Å². The summed E-state index contributed by atoms with van der Waals surface area (Å²) in [5, 5.41) is 2.84. The highest BCUT2D eigenvalue weighted by molar-refractivity contribution is 7.69. The van der Waals surface area contributed by atoms with E-state index >= 15 is 0 Å². The topological polar surface area (TPSA) is 9.23 Å². The second-order valence-electron chi connectivity index (χ2n) is 16.1. The Morgan fingerprint density at radius 1 is 0.684 bits per heavy atom. The summed E-state index contributed by atoms with van der Waals surface area (Å²) in [5.74, 6) is 6.22. The van der Waals surface area contributed by atoms with Crippen molar-refractivity contribution < 1.29 is 4.43 Å². The molecule has 8 aliphatic carbocycles. The van der Waals surface area contributed by atoms with Gasteiger partial charge in [-0.05, 0) is 139 Å². The van der Waals surface area contributed by atoms with Gasteiger partial charge in [0.2, 0.25) is 0 Å². The van der Waals surface area contributed by atoms with Crippen molar-refractivity contribution in [1.82, 2.24) is 0 Å². The predicted octanol–water partition coefficient (Wildman–Crippen LogP) is 10.2. The Morgan fingerprint density at radius 2 is 1.16 bits per heavy atom. The quantitative estimate of drug-likeness (QED) is 0.178. The van der Waals surface area contributed by atoms with E-state index < -0.39 is 8.32 Å². The van der Waals surface area contributed by atoms with Gasteiger partial charge >= 0.3 is 0 Å². The molecule has 1 nitrogen and oxygen atoms in total. The molecule has 0 saturated heterocycles. The standard InChI is InChI=1S/C35H53OPSi/c1-23(2)38(24(3)4,25(5)6)36-32-7-9-33(10-8-32)37(34-17-26-11-27(18-34)13-28(12-26)19-34)35-20-29-14-30(21-35)16-31(15-29)22-35/h7-10,17,23-25,27-31H,11-16,18-22H2,1-6H3. The molecule has 8 bridgehead atoms. The van der Waals surface area contributed by atoms with Crippen molar-refractivity contribution in [1.29, 1.82) is 0 Å². The van der Waals surface area contributed by atoms with Gasteiger partial charge in [0.25, 0.3) is 8.32 Å². The van der Waals surface area contributed by atoms with Crippen LogP contribution in [0.4, 0.5) is 0 Å². The zero-order chi connectivity index (χ0) is 26.4. The van der Waals surface area contributed by atoms with E-state index in [1.807, 2.05) is 5.57 Å². The van der Waals surface area contributed by atoms with Crippen LogP contribution in [0.3, 0.4) is 0 Å². The van der Waals surface area contributed by atoms with Gasteiger partial charge in [0.05, 0.1) is 0 Å². The summed E-state index contributed by atoms with van der Waals surface area (Å²) in [5.41, 5.74) is 3.71. The van der Waals surface area contributed by atoms with Crippen LogP contribution in [-0.2, 0) is 0 Å². The largest absolute Gasteiger partial charge is 0.543 e. The molecule has 3 atom stereocenters.